The zero-order chi connectivity index (χ0) is 11.6. The van der Waals surface area contributed by atoms with Crippen molar-refractivity contribution in [3.63, 3.8) is 0 Å². The maximum atomic E-state index is 11.6. The van der Waals surface area contributed by atoms with Gasteiger partial charge in [0.05, 0.1) is 6.04 Å². The third-order valence-electron chi connectivity index (χ3n) is 2.31. The lowest BCUT2D eigenvalue weighted by molar-refractivity contribution is -0.108. The van der Waals surface area contributed by atoms with Crippen LogP contribution in [0.2, 0.25) is 0 Å². The van der Waals surface area contributed by atoms with Crippen LogP contribution in [0.1, 0.15) is 40.5 Å². The Bertz CT molecular complexity index is 257. The van der Waals surface area contributed by atoms with Gasteiger partial charge in [-0.2, -0.15) is 0 Å². The Hall–Kier alpha value is -1.06. The van der Waals surface area contributed by atoms with Crippen LogP contribution >= 0.6 is 0 Å². The fourth-order valence-corrected chi connectivity index (χ4v) is 1.63. The monoisotopic (exact) mass is 213 g/mol. The number of rotatable bonds is 3. The van der Waals surface area contributed by atoms with E-state index in [0.29, 0.717) is 0 Å². The van der Waals surface area contributed by atoms with Gasteiger partial charge in [0.1, 0.15) is 17.9 Å². The first-order valence-corrected chi connectivity index (χ1v) is 5.37. The van der Waals surface area contributed by atoms with E-state index in [1.807, 2.05) is 27.7 Å². The maximum absolute atomic E-state index is 11.6. The highest BCUT2D eigenvalue weighted by atomic mass is 16.6. The second kappa shape index (κ2) is 4.21. The third kappa shape index (κ3) is 2.94. The Morgan fingerprint density at radius 2 is 2.07 bits per heavy atom. The molecule has 0 unspecified atom stereocenters. The fraction of sp³-hybridized carbons (Fsp3) is 0.818. The zero-order valence-corrected chi connectivity index (χ0v) is 9.82. The van der Waals surface area contributed by atoms with Crippen LogP contribution in [0, 0.1) is 0 Å². The molecule has 1 saturated heterocycles. The van der Waals surface area contributed by atoms with E-state index in [9.17, 15) is 9.59 Å². The highest BCUT2D eigenvalue weighted by Gasteiger charge is 2.51. The smallest absolute Gasteiger partial charge is 0.411 e. The first-order valence-electron chi connectivity index (χ1n) is 5.37. The molecule has 86 valence electrons. The molecule has 0 N–H and O–H groups in total. The van der Waals surface area contributed by atoms with E-state index in [-0.39, 0.29) is 18.2 Å². The van der Waals surface area contributed by atoms with E-state index in [2.05, 4.69) is 0 Å². The Labute approximate surface area is 90.6 Å². The Morgan fingerprint density at radius 1 is 1.47 bits per heavy atom. The second-order valence-corrected chi connectivity index (χ2v) is 4.87. The molecule has 0 aromatic carbocycles. The standard InChI is InChI=1S/C11H19NO3/c1-5-6-8-9(7-13)12(8)10(14)15-11(2,3)4/h7-9H,5-6H2,1-4H3/t8-,9-,12?/m1/s1. The summed E-state index contributed by atoms with van der Waals surface area (Å²) in [6.45, 7) is 7.49. The summed E-state index contributed by atoms with van der Waals surface area (Å²) in [5.41, 5.74) is -0.496. The van der Waals surface area contributed by atoms with Gasteiger partial charge in [-0.3, -0.25) is 4.90 Å². The van der Waals surface area contributed by atoms with Crippen LogP contribution in [0.25, 0.3) is 0 Å². The normalized spacial score (nSPS) is 24.9. The van der Waals surface area contributed by atoms with Crippen LogP contribution in [-0.2, 0) is 9.53 Å². The number of carbonyl (C=O) groups excluding carboxylic acids is 2. The number of ether oxygens (including phenoxy) is 1. The number of aldehydes is 1. The van der Waals surface area contributed by atoms with Crippen molar-refractivity contribution in [3.8, 4) is 0 Å². The predicted octanol–water partition coefficient (Wildman–Crippen LogP) is 1.97. The molecule has 0 saturated carbocycles. The predicted molar refractivity (Wildman–Crippen MR) is 56.6 cm³/mol. The molecule has 0 bridgehead atoms. The minimum absolute atomic E-state index is 0.0577. The topological polar surface area (TPSA) is 46.4 Å². The van der Waals surface area contributed by atoms with E-state index in [1.165, 1.54) is 4.90 Å². The molecule has 2 atom stereocenters. The van der Waals surface area contributed by atoms with Crippen LogP contribution in [0.5, 0.6) is 0 Å². The van der Waals surface area contributed by atoms with Gasteiger partial charge in [0.25, 0.3) is 0 Å². The number of carbonyl (C=O) groups is 2. The summed E-state index contributed by atoms with van der Waals surface area (Å²) in [6.07, 6.45) is 2.28. The summed E-state index contributed by atoms with van der Waals surface area (Å²) in [5.74, 6) is 0. The summed E-state index contributed by atoms with van der Waals surface area (Å²) < 4.78 is 5.20. The zero-order valence-electron chi connectivity index (χ0n) is 9.82. The molecule has 0 aliphatic carbocycles. The molecule has 4 nitrogen and oxygen atoms in total. The molecule has 1 heterocycles. The van der Waals surface area contributed by atoms with Gasteiger partial charge in [-0.25, -0.2) is 4.79 Å². The van der Waals surface area contributed by atoms with Crippen molar-refractivity contribution in [1.82, 2.24) is 4.90 Å². The highest BCUT2D eigenvalue weighted by Crippen LogP contribution is 2.32. The SMILES string of the molecule is CCC[C@@H]1[C@@H](C=O)N1C(=O)OC(C)(C)C. The quantitative estimate of drug-likeness (QED) is 0.532. The number of nitrogens with zero attached hydrogens (tertiary/aromatic N) is 1. The van der Waals surface area contributed by atoms with Crippen molar-refractivity contribution < 1.29 is 14.3 Å². The number of hydrogen-bond acceptors (Lipinski definition) is 3. The lowest BCUT2D eigenvalue weighted by atomic mass is 10.2. The number of amides is 1. The first kappa shape index (κ1) is 12.0. The molecule has 1 aliphatic rings. The Kier molecular flexibility index (Phi) is 3.37. The molecule has 0 aromatic heterocycles. The molecule has 1 amide bonds. The van der Waals surface area contributed by atoms with E-state index < -0.39 is 5.60 Å². The van der Waals surface area contributed by atoms with Crippen LogP contribution in [0.3, 0.4) is 0 Å². The molecule has 15 heavy (non-hydrogen) atoms. The summed E-state index contributed by atoms with van der Waals surface area (Å²) in [7, 11) is 0. The molecular weight excluding hydrogens is 194 g/mol. The van der Waals surface area contributed by atoms with Crippen molar-refractivity contribution >= 4 is 12.4 Å². The van der Waals surface area contributed by atoms with Crippen molar-refractivity contribution in [3.05, 3.63) is 0 Å². The molecule has 1 rings (SSSR count). The molecule has 4 heteroatoms. The summed E-state index contributed by atoms with van der Waals surface area (Å²) in [5, 5.41) is 0. The fourth-order valence-electron chi connectivity index (χ4n) is 1.63. The van der Waals surface area contributed by atoms with Gasteiger partial charge in [0.2, 0.25) is 0 Å². The Balaban J connectivity index is 2.51. The summed E-state index contributed by atoms with van der Waals surface area (Å²) >= 11 is 0. The average Bonchev–Trinajstić information content (AvgIpc) is 2.75. The van der Waals surface area contributed by atoms with Gasteiger partial charge < -0.3 is 9.53 Å². The van der Waals surface area contributed by atoms with E-state index >= 15 is 0 Å². The van der Waals surface area contributed by atoms with Crippen molar-refractivity contribution in [1.29, 1.82) is 0 Å². The Morgan fingerprint density at radius 3 is 2.47 bits per heavy atom. The maximum Gasteiger partial charge on any atom is 0.411 e. The molecular formula is C11H19NO3. The third-order valence-corrected chi connectivity index (χ3v) is 2.31. The van der Waals surface area contributed by atoms with E-state index in [1.54, 1.807) is 0 Å². The lowest BCUT2D eigenvalue weighted by Crippen LogP contribution is -2.28. The highest BCUT2D eigenvalue weighted by molar-refractivity contribution is 5.80. The molecule has 1 fully saturated rings. The van der Waals surface area contributed by atoms with Gasteiger partial charge in [-0.15, -0.1) is 0 Å². The first-order chi connectivity index (χ1) is 6.90. The molecule has 0 spiro atoms. The van der Waals surface area contributed by atoms with Crippen LogP contribution < -0.4 is 0 Å². The molecule has 0 radical (unpaired) electrons. The number of hydrogen-bond donors (Lipinski definition) is 0. The lowest BCUT2D eigenvalue weighted by Gasteiger charge is -2.20. The van der Waals surface area contributed by atoms with Gasteiger partial charge in [0, 0.05) is 0 Å². The van der Waals surface area contributed by atoms with Crippen molar-refractivity contribution in [2.75, 3.05) is 0 Å². The summed E-state index contributed by atoms with van der Waals surface area (Å²) in [4.78, 5) is 23.8. The van der Waals surface area contributed by atoms with Gasteiger partial charge in [0.15, 0.2) is 0 Å². The van der Waals surface area contributed by atoms with E-state index in [4.69, 9.17) is 4.74 Å². The van der Waals surface area contributed by atoms with Gasteiger partial charge in [-0.1, -0.05) is 13.3 Å². The summed E-state index contributed by atoms with van der Waals surface area (Å²) in [6, 6.07) is -0.206. The molecule has 1 aliphatic heterocycles. The van der Waals surface area contributed by atoms with Crippen LogP contribution in [0.15, 0.2) is 0 Å². The van der Waals surface area contributed by atoms with Crippen molar-refractivity contribution in [2.45, 2.75) is 58.2 Å². The molecule has 0 aromatic rings. The van der Waals surface area contributed by atoms with Gasteiger partial charge in [-0.05, 0) is 27.2 Å². The average molecular weight is 213 g/mol. The van der Waals surface area contributed by atoms with Crippen LogP contribution in [0.4, 0.5) is 4.79 Å². The van der Waals surface area contributed by atoms with Crippen molar-refractivity contribution in [2.24, 2.45) is 0 Å². The van der Waals surface area contributed by atoms with E-state index in [0.717, 1.165) is 19.1 Å². The largest absolute Gasteiger partial charge is 0.444 e. The second-order valence-electron chi connectivity index (χ2n) is 4.87. The minimum atomic E-state index is -0.496. The van der Waals surface area contributed by atoms with Gasteiger partial charge >= 0.3 is 6.09 Å². The minimum Gasteiger partial charge on any atom is -0.444 e. The van der Waals surface area contributed by atoms with Crippen LogP contribution in [-0.4, -0.2) is 35.0 Å².